The molecule has 0 spiro atoms. The number of nitrogen functional groups attached to an aromatic ring is 1. The fourth-order valence-electron chi connectivity index (χ4n) is 1.95. The van der Waals surface area contributed by atoms with E-state index in [2.05, 4.69) is 5.32 Å². The van der Waals surface area contributed by atoms with Gasteiger partial charge in [-0.3, -0.25) is 4.79 Å². The van der Waals surface area contributed by atoms with Crippen molar-refractivity contribution in [2.75, 3.05) is 18.9 Å². The number of carbonyl (C=O) groups is 1. The number of aryl methyl sites for hydroxylation is 1. The zero-order valence-electron chi connectivity index (χ0n) is 11.5. The van der Waals surface area contributed by atoms with E-state index in [0.717, 1.165) is 5.56 Å². The van der Waals surface area contributed by atoms with Gasteiger partial charge in [0.05, 0.1) is 6.61 Å². The average molecular weight is 264 g/mol. The number of ether oxygens (including phenoxy) is 2. The molecule has 5 nitrogen and oxygen atoms in total. The van der Waals surface area contributed by atoms with Crippen molar-refractivity contribution in [1.82, 2.24) is 5.32 Å². The van der Waals surface area contributed by atoms with E-state index in [1.54, 1.807) is 12.1 Å². The molecule has 1 heterocycles. The van der Waals surface area contributed by atoms with Crippen LogP contribution < -0.4 is 11.1 Å². The number of nitrogens with two attached hydrogens (primary N) is 1. The van der Waals surface area contributed by atoms with Gasteiger partial charge < -0.3 is 20.5 Å². The van der Waals surface area contributed by atoms with Gasteiger partial charge in [-0.15, -0.1) is 0 Å². The maximum Gasteiger partial charge on any atom is 0.251 e. The van der Waals surface area contributed by atoms with Gasteiger partial charge in [0, 0.05) is 17.8 Å². The number of amides is 1. The van der Waals surface area contributed by atoms with Crippen molar-refractivity contribution >= 4 is 11.6 Å². The van der Waals surface area contributed by atoms with Crippen molar-refractivity contribution in [1.29, 1.82) is 0 Å². The molecule has 1 aromatic rings. The summed E-state index contributed by atoms with van der Waals surface area (Å²) in [5.74, 6) is -0.719. The van der Waals surface area contributed by atoms with Crippen LogP contribution in [0.4, 0.5) is 5.69 Å². The third-order valence-corrected chi connectivity index (χ3v) is 3.10. The summed E-state index contributed by atoms with van der Waals surface area (Å²) >= 11 is 0. The van der Waals surface area contributed by atoms with E-state index in [0.29, 0.717) is 24.4 Å². The molecule has 104 valence electrons. The zero-order valence-corrected chi connectivity index (χ0v) is 11.5. The Kier molecular flexibility index (Phi) is 3.78. The second-order valence-electron chi connectivity index (χ2n) is 5.23. The van der Waals surface area contributed by atoms with Crippen molar-refractivity contribution in [2.24, 2.45) is 0 Å². The third kappa shape index (κ3) is 3.45. The van der Waals surface area contributed by atoms with Crippen LogP contribution in [0.1, 0.15) is 29.8 Å². The first-order valence-electron chi connectivity index (χ1n) is 6.33. The second kappa shape index (κ2) is 5.19. The van der Waals surface area contributed by atoms with Crippen LogP contribution in [-0.4, -0.2) is 30.9 Å². The van der Waals surface area contributed by atoms with Crippen molar-refractivity contribution < 1.29 is 14.3 Å². The van der Waals surface area contributed by atoms with Crippen LogP contribution in [-0.2, 0) is 9.47 Å². The largest absolute Gasteiger partial charge is 0.398 e. The Bertz CT molecular complexity index is 486. The fraction of sp³-hybridized carbons (Fsp3) is 0.500. The number of rotatable bonds is 3. The highest BCUT2D eigenvalue weighted by molar-refractivity contribution is 5.95. The minimum atomic E-state index is -0.566. The Labute approximate surface area is 113 Å². The molecule has 1 amide bonds. The van der Waals surface area contributed by atoms with Crippen molar-refractivity contribution in [3.63, 3.8) is 0 Å². The van der Waals surface area contributed by atoms with Gasteiger partial charge in [-0.05, 0) is 38.5 Å². The lowest BCUT2D eigenvalue weighted by Crippen LogP contribution is -2.34. The Balaban J connectivity index is 1.89. The fourth-order valence-corrected chi connectivity index (χ4v) is 1.95. The number of hydrogen-bond acceptors (Lipinski definition) is 4. The first kappa shape index (κ1) is 13.8. The van der Waals surface area contributed by atoms with E-state index >= 15 is 0 Å². The predicted molar refractivity (Wildman–Crippen MR) is 72.8 cm³/mol. The van der Waals surface area contributed by atoms with Crippen molar-refractivity contribution in [3.8, 4) is 0 Å². The molecule has 1 atom stereocenters. The lowest BCUT2D eigenvalue weighted by atomic mass is 10.1. The number of benzene rings is 1. The Morgan fingerprint density at radius 1 is 1.53 bits per heavy atom. The van der Waals surface area contributed by atoms with Crippen LogP contribution >= 0.6 is 0 Å². The average Bonchev–Trinajstić information content (AvgIpc) is 2.69. The molecule has 1 aromatic carbocycles. The molecule has 2 rings (SSSR count). The smallest absolute Gasteiger partial charge is 0.251 e. The van der Waals surface area contributed by atoms with Crippen molar-refractivity contribution in [3.05, 3.63) is 29.3 Å². The van der Waals surface area contributed by atoms with E-state index < -0.39 is 5.79 Å². The standard InChI is InChI=1S/C14H20N2O3/c1-9-4-5-10(6-12(9)15)13(17)16-7-11-8-18-14(2,3)19-11/h4-6,11H,7-8,15H2,1-3H3,(H,16,17). The van der Waals surface area contributed by atoms with E-state index in [1.807, 2.05) is 26.8 Å². The molecule has 0 aromatic heterocycles. The molecule has 1 aliphatic heterocycles. The summed E-state index contributed by atoms with van der Waals surface area (Å²) in [4.78, 5) is 12.0. The molecule has 0 bridgehead atoms. The summed E-state index contributed by atoms with van der Waals surface area (Å²) in [6, 6.07) is 5.28. The zero-order chi connectivity index (χ0) is 14.0. The van der Waals surface area contributed by atoms with E-state index in [1.165, 1.54) is 0 Å². The van der Waals surface area contributed by atoms with Crippen LogP contribution in [0.25, 0.3) is 0 Å². The minimum Gasteiger partial charge on any atom is -0.398 e. The number of hydrogen-bond donors (Lipinski definition) is 2. The molecule has 0 aliphatic carbocycles. The van der Waals surface area contributed by atoms with Gasteiger partial charge in [-0.2, -0.15) is 0 Å². The first-order chi connectivity index (χ1) is 8.87. The van der Waals surface area contributed by atoms with Gasteiger partial charge >= 0.3 is 0 Å². The molecule has 1 unspecified atom stereocenters. The molecule has 0 radical (unpaired) electrons. The quantitative estimate of drug-likeness (QED) is 0.811. The number of nitrogens with one attached hydrogen (secondary N) is 1. The van der Waals surface area contributed by atoms with E-state index in [4.69, 9.17) is 15.2 Å². The topological polar surface area (TPSA) is 73.6 Å². The van der Waals surface area contributed by atoms with Crippen LogP contribution in [0.3, 0.4) is 0 Å². The SMILES string of the molecule is Cc1ccc(C(=O)NCC2COC(C)(C)O2)cc1N. The summed E-state index contributed by atoms with van der Waals surface area (Å²) in [6.07, 6.45) is -0.109. The molecule has 5 heteroatoms. The van der Waals surface area contributed by atoms with Gasteiger partial charge in [-0.1, -0.05) is 6.07 Å². The summed E-state index contributed by atoms with van der Waals surface area (Å²) < 4.78 is 11.0. The molecule has 3 N–H and O–H groups in total. The lowest BCUT2D eigenvalue weighted by molar-refractivity contribution is -0.137. The summed E-state index contributed by atoms with van der Waals surface area (Å²) in [5.41, 5.74) is 7.93. The highest BCUT2D eigenvalue weighted by Crippen LogP contribution is 2.21. The second-order valence-corrected chi connectivity index (χ2v) is 5.23. The highest BCUT2D eigenvalue weighted by atomic mass is 16.7. The van der Waals surface area contributed by atoms with E-state index in [-0.39, 0.29) is 12.0 Å². The molecular formula is C14H20N2O3. The van der Waals surface area contributed by atoms with Crippen LogP contribution in [0, 0.1) is 6.92 Å². The number of carbonyl (C=O) groups excluding carboxylic acids is 1. The lowest BCUT2D eigenvalue weighted by Gasteiger charge is -2.17. The monoisotopic (exact) mass is 264 g/mol. The van der Waals surface area contributed by atoms with Crippen molar-refractivity contribution in [2.45, 2.75) is 32.7 Å². The first-order valence-corrected chi connectivity index (χ1v) is 6.33. The predicted octanol–water partition coefficient (Wildman–Crippen LogP) is 1.46. The number of anilines is 1. The van der Waals surface area contributed by atoms with Crippen LogP contribution in [0.5, 0.6) is 0 Å². The minimum absolute atomic E-state index is 0.109. The van der Waals surface area contributed by atoms with Gasteiger partial charge in [0.1, 0.15) is 6.10 Å². The van der Waals surface area contributed by atoms with Gasteiger partial charge in [0.2, 0.25) is 0 Å². The van der Waals surface area contributed by atoms with Gasteiger partial charge in [-0.25, -0.2) is 0 Å². The summed E-state index contributed by atoms with van der Waals surface area (Å²) in [6.45, 7) is 6.53. The highest BCUT2D eigenvalue weighted by Gasteiger charge is 2.32. The maximum absolute atomic E-state index is 12.0. The maximum atomic E-state index is 12.0. The molecule has 1 aliphatic rings. The summed E-state index contributed by atoms with van der Waals surface area (Å²) in [5, 5.41) is 2.83. The molecule has 1 saturated heterocycles. The van der Waals surface area contributed by atoms with Gasteiger partial charge in [0.15, 0.2) is 5.79 Å². The van der Waals surface area contributed by atoms with Crippen LogP contribution in [0.2, 0.25) is 0 Å². The summed E-state index contributed by atoms with van der Waals surface area (Å²) in [7, 11) is 0. The van der Waals surface area contributed by atoms with Gasteiger partial charge in [0.25, 0.3) is 5.91 Å². The molecular weight excluding hydrogens is 244 g/mol. The molecule has 1 fully saturated rings. The molecule has 19 heavy (non-hydrogen) atoms. The Hall–Kier alpha value is -1.59. The third-order valence-electron chi connectivity index (χ3n) is 3.10. The molecule has 0 saturated carbocycles. The van der Waals surface area contributed by atoms with E-state index in [9.17, 15) is 4.79 Å². The Morgan fingerprint density at radius 2 is 2.26 bits per heavy atom. The normalized spacial score (nSPS) is 21.3. The van der Waals surface area contributed by atoms with Crippen LogP contribution in [0.15, 0.2) is 18.2 Å². The Morgan fingerprint density at radius 3 is 2.84 bits per heavy atom.